The van der Waals surface area contributed by atoms with E-state index < -0.39 is 7.60 Å². The summed E-state index contributed by atoms with van der Waals surface area (Å²) in [5, 5.41) is 0. The molecule has 1 rings (SSSR count). The Morgan fingerprint density at radius 1 is 1.17 bits per heavy atom. The summed E-state index contributed by atoms with van der Waals surface area (Å²) in [4.78, 5) is 0. The summed E-state index contributed by atoms with van der Waals surface area (Å²) in [6, 6.07) is 0. The Morgan fingerprint density at radius 3 is 2.25 bits per heavy atom. The van der Waals surface area contributed by atoms with Gasteiger partial charge in [0, 0.05) is 6.16 Å². The highest BCUT2D eigenvalue weighted by molar-refractivity contribution is 7.53. The van der Waals surface area contributed by atoms with Gasteiger partial charge in [-0.25, -0.2) is 0 Å². The third-order valence-electron chi connectivity index (χ3n) is 1.53. The molecule has 0 atom stereocenters. The van der Waals surface area contributed by atoms with E-state index in [0.717, 1.165) is 6.42 Å². The van der Waals surface area contributed by atoms with Crippen molar-refractivity contribution < 1.29 is 18.3 Å². The fourth-order valence-corrected chi connectivity index (χ4v) is 2.60. The molecule has 0 aromatic rings. The molecule has 12 heavy (non-hydrogen) atoms. The van der Waals surface area contributed by atoms with Gasteiger partial charge in [0.1, 0.15) is 0 Å². The summed E-state index contributed by atoms with van der Waals surface area (Å²) < 4.78 is 27.0. The Balaban J connectivity index is 2.42. The van der Waals surface area contributed by atoms with Crippen LogP contribution in [0.2, 0.25) is 0 Å². The maximum atomic E-state index is 11.7. The van der Waals surface area contributed by atoms with Gasteiger partial charge >= 0.3 is 7.60 Å². The zero-order valence-electron chi connectivity index (χ0n) is 7.32. The number of hydrogen-bond donors (Lipinski definition) is 0. The first kappa shape index (κ1) is 10.2. The molecule has 1 heterocycles. The van der Waals surface area contributed by atoms with Crippen LogP contribution in [0.15, 0.2) is 0 Å². The zero-order valence-corrected chi connectivity index (χ0v) is 8.22. The van der Waals surface area contributed by atoms with Gasteiger partial charge in [0.25, 0.3) is 0 Å². The van der Waals surface area contributed by atoms with Crippen molar-refractivity contribution in [3.8, 4) is 0 Å². The van der Waals surface area contributed by atoms with E-state index in [9.17, 15) is 4.57 Å². The SMILES string of the molecule is CCCP1(=O)OCCOCCO1. The average molecular weight is 194 g/mol. The molecular formula is C7H15O4P. The summed E-state index contributed by atoms with van der Waals surface area (Å²) in [6.45, 7) is 3.73. The maximum absolute atomic E-state index is 11.7. The molecule has 0 spiro atoms. The van der Waals surface area contributed by atoms with Crippen LogP contribution < -0.4 is 0 Å². The molecular weight excluding hydrogens is 179 g/mol. The van der Waals surface area contributed by atoms with E-state index >= 15 is 0 Å². The van der Waals surface area contributed by atoms with Crippen molar-refractivity contribution in [2.24, 2.45) is 0 Å². The average Bonchev–Trinajstić information content (AvgIpc) is 1.99. The first-order valence-corrected chi connectivity index (χ1v) is 5.95. The molecule has 0 N–H and O–H groups in total. The van der Waals surface area contributed by atoms with Crippen LogP contribution in [0.5, 0.6) is 0 Å². The lowest BCUT2D eigenvalue weighted by atomic mass is 10.6. The highest BCUT2D eigenvalue weighted by Crippen LogP contribution is 2.48. The quantitative estimate of drug-likeness (QED) is 0.627. The number of hydrogen-bond acceptors (Lipinski definition) is 4. The molecule has 0 aliphatic carbocycles. The highest BCUT2D eigenvalue weighted by Gasteiger charge is 2.24. The first-order chi connectivity index (χ1) is 5.77. The molecule has 0 saturated carbocycles. The third kappa shape index (κ3) is 3.23. The standard InChI is InChI=1S/C7H15O4P/c1-2-7-12(8)10-5-3-9-4-6-11-12/h2-7H2,1H3. The first-order valence-electron chi connectivity index (χ1n) is 4.23. The minimum absolute atomic E-state index is 0.372. The molecule has 72 valence electrons. The molecule has 1 fully saturated rings. The Labute approximate surface area is 72.7 Å². The second-order valence-electron chi connectivity index (χ2n) is 2.61. The molecule has 0 unspecified atom stereocenters. The fourth-order valence-electron chi connectivity index (χ4n) is 1.01. The van der Waals surface area contributed by atoms with Crippen LogP contribution in [-0.2, 0) is 18.3 Å². The number of rotatable bonds is 2. The molecule has 1 saturated heterocycles. The number of ether oxygens (including phenoxy) is 1. The predicted octanol–water partition coefficient (Wildman–Crippen LogP) is 1.65. The van der Waals surface area contributed by atoms with Crippen molar-refractivity contribution in [3.05, 3.63) is 0 Å². The second kappa shape index (κ2) is 4.97. The van der Waals surface area contributed by atoms with Crippen molar-refractivity contribution >= 4 is 7.60 Å². The van der Waals surface area contributed by atoms with Gasteiger partial charge in [-0.15, -0.1) is 0 Å². The van der Waals surface area contributed by atoms with Crippen LogP contribution in [-0.4, -0.2) is 32.6 Å². The summed E-state index contributed by atoms with van der Waals surface area (Å²) >= 11 is 0. The van der Waals surface area contributed by atoms with E-state index in [1.807, 2.05) is 6.92 Å². The Hall–Kier alpha value is 0.110. The molecule has 0 radical (unpaired) electrons. The van der Waals surface area contributed by atoms with E-state index in [1.54, 1.807) is 0 Å². The van der Waals surface area contributed by atoms with Gasteiger partial charge in [-0.1, -0.05) is 6.92 Å². The fraction of sp³-hybridized carbons (Fsp3) is 1.00. The van der Waals surface area contributed by atoms with E-state index in [1.165, 1.54) is 0 Å². The lowest BCUT2D eigenvalue weighted by molar-refractivity contribution is 0.0427. The zero-order chi connectivity index (χ0) is 8.86. The van der Waals surface area contributed by atoms with Crippen molar-refractivity contribution in [1.82, 2.24) is 0 Å². The lowest BCUT2D eigenvalue weighted by Gasteiger charge is -2.20. The van der Waals surface area contributed by atoms with Gasteiger partial charge in [-0.05, 0) is 6.42 Å². The van der Waals surface area contributed by atoms with Gasteiger partial charge in [-0.2, -0.15) is 0 Å². The molecule has 4 nitrogen and oxygen atoms in total. The highest BCUT2D eigenvalue weighted by atomic mass is 31.2. The molecule has 1 aliphatic rings. The monoisotopic (exact) mass is 194 g/mol. The van der Waals surface area contributed by atoms with E-state index in [2.05, 4.69) is 0 Å². The van der Waals surface area contributed by atoms with E-state index in [4.69, 9.17) is 13.8 Å². The predicted molar refractivity (Wildman–Crippen MR) is 45.5 cm³/mol. The molecule has 0 aromatic carbocycles. The minimum atomic E-state index is -2.76. The van der Waals surface area contributed by atoms with Crippen molar-refractivity contribution in [2.75, 3.05) is 32.6 Å². The topological polar surface area (TPSA) is 44.8 Å². The van der Waals surface area contributed by atoms with Gasteiger partial charge in [-0.3, -0.25) is 4.57 Å². The minimum Gasteiger partial charge on any atom is -0.377 e. The summed E-state index contributed by atoms with van der Waals surface area (Å²) in [6.07, 6.45) is 1.32. The van der Waals surface area contributed by atoms with E-state index in [-0.39, 0.29) is 0 Å². The Bertz CT molecular complexity index is 159. The Kier molecular flexibility index (Phi) is 4.22. The van der Waals surface area contributed by atoms with Gasteiger partial charge < -0.3 is 13.8 Å². The smallest absolute Gasteiger partial charge is 0.330 e. The second-order valence-corrected chi connectivity index (χ2v) is 4.80. The molecule has 0 amide bonds. The molecule has 1 aliphatic heterocycles. The van der Waals surface area contributed by atoms with Gasteiger partial charge in [0.15, 0.2) is 0 Å². The van der Waals surface area contributed by atoms with Crippen LogP contribution in [0.25, 0.3) is 0 Å². The van der Waals surface area contributed by atoms with Crippen molar-refractivity contribution in [1.29, 1.82) is 0 Å². The van der Waals surface area contributed by atoms with Gasteiger partial charge in [0.05, 0.1) is 26.4 Å². The van der Waals surface area contributed by atoms with Crippen LogP contribution in [0, 0.1) is 0 Å². The summed E-state index contributed by atoms with van der Waals surface area (Å²) in [5.41, 5.74) is 0. The molecule has 0 aromatic heterocycles. The van der Waals surface area contributed by atoms with Crippen molar-refractivity contribution in [2.45, 2.75) is 13.3 Å². The van der Waals surface area contributed by atoms with E-state index in [0.29, 0.717) is 32.6 Å². The molecule has 0 bridgehead atoms. The Morgan fingerprint density at radius 2 is 1.75 bits per heavy atom. The normalized spacial score (nSPS) is 24.4. The summed E-state index contributed by atoms with van der Waals surface area (Å²) in [5.74, 6) is 0. The molecule has 5 heteroatoms. The van der Waals surface area contributed by atoms with Crippen LogP contribution in [0.1, 0.15) is 13.3 Å². The van der Waals surface area contributed by atoms with Crippen LogP contribution in [0.4, 0.5) is 0 Å². The maximum Gasteiger partial charge on any atom is 0.330 e. The largest absolute Gasteiger partial charge is 0.377 e. The van der Waals surface area contributed by atoms with Crippen LogP contribution in [0.3, 0.4) is 0 Å². The van der Waals surface area contributed by atoms with Crippen LogP contribution >= 0.6 is 7.60 Å². The van der Waals surface area contributed by atoms with Gasteiger partial charge in [0.2, 0.25) is 0 Å². The third-order valence-corrected chi connectivity index (χ3v) is 3.68. The lowest BCUT2D eigenvalue weighted by Crippen LogP contribution is -2.14. The summed E-state index contributed by atoms with van der Waals surface area (Å²) in [7, 11) is -2.76. The van der Waals surface area contributed by atoms with Crippen molar-refractivity contribution in [3.63, 3.8) is 0 Å².